The number of hydrogen-bond acceptors (Lipinski definition) is 4. The molecule has 0 bridgehead atoms. The van der Waals surface area contributed by atoms with Gasteiger partial charge in [-0.25, -0.2) is 0 Å². The van der Waals surface area contributed by atoms with E-state index >= 15 is 0 Å². The lowest BCUT2D eigenvalue weighted by atomic mass is 10.2. The van der Waals surface area contributed by atoms with Crippen LogP contribution in [0.15, 0.2) is 24.3 Å². The molecule has 1 aromatic carbocycles. The molecule has 0 aliphatic heterocycles. The van der Waals surface area contributed by atoms with Crippen LogP contribution in [0.2, 0.25) is 0 Å². The average molecular weight is 274 g/mol. The molecular formula is C11H16ClN3O3. The second-order valence-corrected chi connectivity index (χ2v) is 3.88. The van der Waals surface area contributed by atoms with Gasteiger partial charge in [-0.3, -0.25) is 14.9 Å². The highest BCUT2D eigenvalue weighted by atomic mass is 35.5. The summed E-state index contributed by atoms with van der Waals surface area (Å²) >= 11 is 0. The van der Waals surface area contributed by atoms with E-state index in [1.165, 1.54) is 12.1 Å². The molecule has 18 heavy (non-hydrogen) atoms. The standard InChI is InChI=1S/C11H15N3O3.ClH/c1-8(12)6-11(15)13-7-9-2-4-10(5-3-9)14(16)17;/h2-5,8H,6-7,12H2,1H3,(H,13,15);1H. The Morgan fingerprint density at radius 3 is 2.44 bits per heavy atom. The van der Waals surface area contributed by atoms with E-state index in [-0.39, 0.29) is 36.5 Å². The first kappa shape index (κ1) is 16.3. The molecule has 0 radical (unpaired) electrons. The minimum atomic E-state index is -0.460. The van der Waals surface area contributed by atoms with Crippen molar-refractivity contribution in [2.45, 2.75) is 25.9 Å². The molecule has 0 saturated carbocycles. The van der Waals surface area contributed by atoms with Crippen molar-refractivity contribution in [3.8, 4) is 0 Å². The van der Waals surface area contributed by atoms with Crippen molar-refractivity contribution in [2.75, 3.05) is 0 Å². The van der Waals surface area contributed by atoms with Crippen LogP contribution in [0.25, 0.3) is 0 Å². The van der Waals surface area contributed by atoms with Crippen molar-refractivity contribution in [2.24, 2.45) is 5.73 Å². The van der Waals surface area contributed by atoms with Gasteiger partial charge >= 0.3 is 0 Å². The molecule has 0 aromatic heterocycles. The van der Waals surface area contributed by atoms with Gasteiger partial charge in [-0.05, 0) is 12.5 Å². The van der Waals surface area contributed by atoms with Crippen molar-refractivity contribution >= 4 is 24.0 Å². The Kier molecular flexibility index (Phi) is 6.92. The number of benzene rings is 1. The van der Waals surface area contributed by atoms with Crippen LogP contribution >= 0.6 is 12.4 Å². The van der Waals surface area contributed by atoms with E-state index in [4.69, 9.17) is 5.73 Å². The fourth-order valence-electron chi connectivity index (χ4n) is 1.30. The second-order valence-electron chi connectivity index (χ2n) is 3.88. The van der Waals surface area contributed by atoms with Gasteiger partial charge in [0.15, 0.2) is 0 Å². The van der Waals surface area contributed by atoms with Gasteiger partial charge in [-0.2, -0.15) is 0 Å². The van der Waals surface area contributed by atoms with Crippen LogP contribution in [-0.4, -0.2) is 16.9 Å². The first-order valence-corrected chi connectivity index (χ1v) is 5.24. The van der Waals surface area contributed by atoms with Gasteiger partial charge in [0.05, 0.1) is 4.92 Å². The highest BCUT2D eigenvalue weighted by Crippen LogP contribution is 2.11. The Hall–Kier alpha value is -1.66. The van der Waals surface area contributed by atoms with Gasteiger partial charge in [0, 0.05) is 31.1 Å². The molecule has 0 heterocycles. The van der Waals surface area contributed by atoms with Gasteiger partial charge in [0.1, 0.15) is 0 Å². The summed E-state index contributed by atoms with van der Waals surface area (Å²) in [5.41, 5.74) is 6.33. The minimum absolute atomic E-state index is 0. The highest BCUT2D eigenvalue weighted by Gasteiger charge is 2.06. The van der Waals surface area contributed by atoms with Crippen molar-refractivity contribution < 1.29 is 9.72 Å². The number of nitrogens with one attached hydrogen (secondary N) is 1. The fraction of sp³-hybridized carbons (Fsp3) is 0.364. The van der Waals surface area contributed by atoms with Gasteiger partial charge in [-0.1, -0.05) is 12.1 Å². The minimum Gasteiger partial charge on any atom is -0.352 e. The number of hydrogen-bond donors (Lipinski definition) is 2. The van der Waals surface area contributed by atoms with Crippen molar-refractivity contribution in [1.29, 1.82) is 0 Å². The number of non-ortho nitro benzene ring substituents is 1. The molecule has 6 nitrogen and oxygen atoms in total. The third-order valence-corrected chi connectivity index (χ3v) is 2.14. The van der Waals surface area contributed by atoms with Crippen LogP contribution in [0.4, 0.5) is 5.69 Å². The number of carbonyl (C=O) groups is 1. The monoisotopic (exact) mass is 273 g/mol. The maximum atomic E-state index is 11.3. The van der Waals surface area contributed by atoms with Crippen LogP contribution in [-0.2, 0) is 11.3 Å². The van der Waals surface area contributed by atoms with Gasteiger partial charge in [-0.15, -0.1) is 12.4 Å². The van der Waals surface area contributed by atoms with Crippen LogP contribution in [0, 0.1) is 10.1 Å². The maximum absolute atomic E-state index is 11.3. The number of nitrogens with zero attached hydrogens (tertiary/aromatic N) is 1. The number of nitro groups is 1. The van der Waals surface area contributed by atoms with Crippen molar-refractivity contribution in [1.82, 2.24) is 5.32 Å². The van der Waals surface area contributed by atoms with Crippen LogP contribution in [0.5, 0.6) is 0 Å². The summed E-state index contributed by atoms with van der Waals surface area (Å²) in [6.07, 6.45) is 0.271. The van der Waals surface area contributed by atoms with Gasteiger partial charge in [0.2, 0.25) is 5.91 Å². The third kappa shape index (κ3) is 5.60. The molecule has 1 aromatic rings. The van der Waals surface area contributed by atoms with E-state index in [1.54, 1.807) is 19.1 Å². The van der Waals surface area contributed by atoms with Crippen molar-refractivity contribution in [3.63, 3.8) is 0 Å². The van der Waals surface area contributed by atoms with E-state index in [2.05, 4.69) is 5.32 Å². The largest absolute Gasteiger partial charge is 0.352 e. The number of nitrogens with two attached hydrogens (primary N) is 1. The number of amides is 1. The molecule has 100 valence electrons. The van der Waals surface area contributed by atoms with Gasteiger partial charge in [0.25, 0.3) is 5.69 Å². The van der Waals surface area contributed by atoms with E-state index < -0.39 is 4.92 Å². The van der Waals surface area contributed by atoms with E-state index in [0.717, 1.165) is 5.56 Å². The van der Waals surface area contributed by atoms with Crippen LogP contribution < -0.4 is 11.1 Å². The van der Waals surface area contributed by atoms with E-state index in [1.807, 2.05) is 0 Å². The van der Waals surface area contributed by atoms with E-state index in [9.17, 15) is 14.9 Å². The maximum Gasteiger partial charge on any atom is 0.269 e. The van der Waals surface area contributed by atoms with Crippen molar-refractivity contribution in [3.05, 3.63) is 39.9 Å². The molecule has 1 amide bonds. The lowest BCUT2D eigenvalue weighted by Crippen LogP contribution is -2.29. The summed E-state index contributed by atoms with van der Waals surface area (Å²) < 4.78 is 0. The summed E-state index contributed by atoms with van der Waals surface area (Å²) in [6.45, 7) is 2.11. The fourth-order valence-corrected chi connectivity index (χ4v) is 1.30. The summed E-state index contributed by atoms with van der Waals surface area (Å²) in [6, 6.07) is 5.88. The smallest absolute Gasteiger partial charge is 0.269 e. The lowest BCUT2D eigenvalue weighted by Gasteiger charge is -2.07. The SMILES string of the molecule is CC(N)CC(=O)NCc1ccc([N+](=O)[O-])cc1.Cl. The molecule has 0 aliphatic carbocycles. The Morgan fingerprint density at radius 1 is 1.44 bits per heavy atom. The molecule has 1 rings (SSSR count). The number of rotatable bonds is 5. The van der Waals surface area contributed by atoms with Gasteiger partial charge < -0.3 is 11.1 Å². The molecular weight excluding hydrogens is 258 g/mol. The molecule has 7 heteroatoms. The van der Waals surface area contributed by atoms with E-state index in [0.29, 0.717) is 6.54 Å². The predicted molar refractivity (Wildman–Crippen MR) is 70.5 cm³/mol. The number of carbonyl (C=O) groups excluding carboxylic acids is 1. The molecule has 3 N–H and O–H groups in total. The third-order valence-electron chi connectivity index (χ3n) is 2.14. The number of nitro benzene ring substituents is 1. The normalized spacial score (nSPS) is 11.2. The number of halogens is 1. The summed E-state index contributed by atoms with van der Waals surface area (Å²) in [5, 5.41) is 13.1. The first-order chi connectivity index (χ1) is 7.99. The molecule has 1 atom stereocenters. The first-order valence-electron chi connectivity index (χ1n) is 5.24. The molecule has 0 spiro atoms. The van der Waals surface area contributed by atoms with Crippen LogP contribution in [0.3, 0.4) is 0 Å². The zero-order chi connectivity index (χ0) is 12.8. The summed E-state index contributed by atoms with van der Waals surface area (Å²) in [5.74, 6) is -0.127. The summed E-state index contributed by atoms with van der Waals surface area (Å²) in [4.78, 5) is 21.3. The molecule has 1 unspecified atom stereocenters. The predicted octanol–water partition coefficient (Wildman–Crippen LogP) is 1.37. The Balaban J connectivity index is 0.00000289. The van der Waals surface area contributed by atoms with Crippen LogP contribution in [0.1, 0.15) is 18.9 Å². The second kappa shape index (κ2) is 7.62. The average Bonchev–Trinajstić information content (AvgIpc) is 2.26. The molecule has 0 aliphatic rings. The Morgan fingerprint density at radius 2 is 2.00 bits per heavy atom. The highest BCUT2D eigenvalue weighted by molar-refractivity contribution is 5.85. The topological polar surface area (TPSA) is 98.3 Å². The molecule has 0 saturated heterocycles. The zero-order valence-corrected chi connectivity index (χ0v) is 10.8. The Bertz CT molecular complexity index is 406. The zero-order valence-electron chi connectivity index (χ0n) is 9.96. The Labute approximate surface area is 111 Å². The molecule has 0 fully saturated rings. The quantitative estimate of drug-likeness (QED) is 0.625. The summed E-state index contributed by atoms with van der Waals surface area (Å²) in [7, 11) is 0. The lowest BCUT2D eigenvalue weighted by molar-refractivity contribution is -0.384.